The van der Waals surface area contributed by atoms with E-state index in [1.807, 2.05) is 0 Å². The number of nitrogens with zero attached hydrogens (tertiary/aromatic N) is 4. The smallest absolute Gasteiger partial charge is 0.229 e. The minimum Gasteiger partial charge on any atom is -0.368 e. The molecule has 0 unspecified atom stereocenters. The van der Waals surface area contributed by atoms with Crippen LogP contribution in [0.2, 0.25) is 5.02 Å². The number of hydrogen-bond acceptors (Lipinski definition) is 6. The molecule has 168 valence electrons. The second kappa shape index (κ2) is 9.21. The fraction of sp³-hybridized carbons (Fsp3) is 0.542. The topological polar surface area (TPSA) is 76.9 Å². The molecule has 32 heavy (non-hydrogen) atoms. The molecular formula is C24H28ClFN6. The Bertz CT molecular complexity index is 1030. The van der Waals surface area contributed by atoms with Crippen molar-refractivity contribution in [1.29, 1.82) is 5.26 Å². The molecule has 0 radical (unpaired) electrons. The summed E-state index contributed by atoms with van der Waals surface area (Å²) in [5.74, 6) is 1.26. The molecule has 1 saturated carbocycles. The van der Waals surface area contributed by atoms with Gasteiger partial charge in [-0.15, -0.1) is 0 Å². The van der Waals surface area contributed by atoms with Crippen LogP contribution in [0.5, 0.6) is 0 Å². The van der Waals surface area contributed by atoms with Gasteiger partial charge in [0.15, 0.2) is 5.82 Å². The van der Waals surface area contributed by atoms with E-state index in [-0.39, 0.29) is 11.6 Å². The number of anilines is 3. The van der Waals surface area contributed by atoms with Gasteiger partial charge in [0, 0.05) is 12.6 Å². The maximum absolute atomic E-state index is 14.7. The van der Waals surface area contributed by atoms with Gasteiger partial charge < -0.3 is 15.5 Å². The molecule has 0 amide bonds. The lowest BCUT2D eigenvalue weighted by Gasteiger charge is -2.44. The van der Waals surface area contributed by atoms with Gasteiger partial charge in [0.05, 0.1) is 23.5 Å². The van der Waals surface area contributed by atoms with Gasteiger partial charge in [0.25, 0.3) is 0 Å². The first kappa shape index (κ1) is 21.4. The summed E-state index contributed by atoms with van der Waals surface area (Å²) in [7, 11) is 0. The van der Waals surface area contributed by atoms with Crippen LogP contribution in [-0.4, -0.2) is 40.5 Å². The minimum atomic E-state index is -0.404. The van der Waals surface area contributed by atoms with Gasteiger partial charge in [-0.05, 0) is 81.1 Å². The lowest BCUT2D eigenvalue weighted by molar-refractivity contribution is 0.0649. The number of nitriles is 1. The van der Waals surface area contributed by atoms with Crippen LogP contribution in [0, 0.1) is 23.1 Å². The zero-order valence-electron chi connectivity index (χ0n) is 18.1. The van der Waals surface area contributed by atoms with Gasteiger partial charge in [-0.3, -0.25) is 0 Å². The Morgan fingerprint density at radius 3 is 2.81 bits per heavy atom. The molecule has 1 aromatic carbocycles. The molecular weight excluding hydrogens is 427 g/mol. The minimum absolute atomic E-state index is 0.198. The summed E-state index contributed by atoms with van der Waals surface area (Å²) in [6.07, 6.45) is 9.83. The molecule has 2 N–H and O–H groups in total. The highest BCUT2D eigenvalue weighted by Crippen LogP contribution is 2.43. The van der Waals surface area contributed by atoms with E-state index in [0.29, 0.717) is 34.3 Å². The van der Waals surface area contributed by atoms with Crippen molar-refractivity contribution < 1.29 is 4.39 Å². The highest BCUT2D eigenvalue weighted by molar-refractivity contribution is 6.32. The van der Waals surface area contributed by atoms with Gasteiger partial charge in [0.2, 0.25) is 5.95 Å². The number of nitrogens with one attached hydrogen (secondary N) is 2. The molecule has 6 nitrogen and oxygen atoms in total. The van der Waals surface area contributed by atoms with Crippen LogP contribution in [0.25, 0.3) is 0 Å². The van der Waals surface area contributed by atoms with Crippen LogP contribution in [-0.2, 0) is 0 Å². The van der Waals surface area contributed by atoms with Gasteiger partial charge in [0.1, 0.15) is 10.8 Å². The Labute approximate surface area is 193 Å². The third kappa shape index (κ3) is 4.53. The number of aromatic nitrogens is 2. The average Bonchev–Trinajstić information content (AvgIpc) is 3.66. The first-order valence-electron chi connectivity index (χ1n) is 11.6. The number of benzene rings is 1. The van der Waals surface area contributed by atoms with Crippen molar-refractivity contribution in [2.75, 3.05) is 30.3 Å². The normalized spacial score (nSPS) is 23.3. The van der Waals surface area contributed by atoms with Gasteiger partial charge in [-0.25, -0.2) is 9.37 Å². The largest absolute Gasteiger partial charge is 0.368 e. The van der Waals surface area contributed by atoms with Crippen LogP contribution < -0.4 is 10.6 Å². The highest BCUT2D eigenvalue weighted by atomic mass is 35.5. The third-order valence-corrected chi connectivity index (χ3v) is 7.30. The summed E-state index contributed by atoms with van der Waals surface area (Å²) in [5, 5.41) is 16.3. The van der Waals surface area contributed by atoms with Crippen LogP contribution in [0.15, 0.2) is 18.3 Å². The van der Waals surface area contributed by atoms with Crippen molar-refractivity contribution >= 4 is 29.1 Å². The molecule has 8 heteroatoms. The maximum Gasteiger partial charge on any atom is 0.229 e. The third-order valence-electron chi connectivity index (χ3n) is 7.03. The highest BCUT2D eigenvalue weighted by Gasteiger charge is 2.33. The maximum atomic E-state index is 14.7. The van der Waals surface area contributed by atoms with Gasteiger partial charge in [-0.1, -0.05) is 18.0 Å². The Kier molecular flexibility index (Phi) is 6.16. The molecule has 0 spiro atoms. The van der Waals surface area contributed by atoms with E-state index >= 15 is 0 Å². The molecule has 2 saturated heterocycles. The van der Waals surface area contributed by atoms with Crippen molar-refractivity contribution in [2.24, 2.45) is 5.92 Å². The molecule has 5 rings (SSSR count). The fourth-order valence-corrected chi connectivity index (χ4v) is 5.39. The summed E-state index contributed by atoms with van der Waals surface area (Å²) in [5.41, 5.74) is 1.49. The van der Waals surface area contributed by atoms with Crippen molar-refractivity contribution in [3.8, 4) is 6.07 Å². The Morgan fingerprint density at radius 1 is 1.16 bits per heavy atom. The SMILES string of the molecule is N#Cc1cc(Nc2ncc(Cl)c(NC[C@@H]3CCCN4CCCC[C@H]34)n2)c(F)cc1C1CC1. The van der Waals surface area contributed by atoms with E-state index in [2.05, 4.69) is 31.6 Å². The molecule has 2 aliphatic heterocycles. The van der Waals surface area contributed by atoms with Crippen molar-refractivity contribution in [3.05, 3.63) is 40.3 Å². The quantitative estimate of drug-likeness (QED) is 0.605. The zero-order chi connectivity index (χ0) is 22.1. The lowest BCUT2D eigenvalue weighted by atomic mass is 9.83. The number of hydrogen-bond donors (Lipinski definition) is 2. The first-order valence-corrected chi connectivity index (χ1v) is 12.0. The van der Waals surface area contributed by atoms with Gasteiger partial charge in [-0.2, -0.15) is 10.2 Å². The second-order valence-corrected chi connectivity index (χ2v) is 9.61. The molecule has 3 fully saturated rings. The number of halogens is 2. The Balaban J connectivity index is 1.29. The Hall–Kier alpha value is -2.43. The summed E-state index contributed by atoms with van der Waals surface area (Å²) in [6.45, 7) is 3.22. The van der Waals surface area contributed by atoms with Crippen molar-refractivity contribution in [2.45, 2.75) is 56.9 Å². The van der Waals surface area contributed by atoms with Crippen molar-refractivity contribution in [3.63, 3.8) is 0 Å². The second-order valence-electron chi connectivity index (χ2n) is 9.20. The van der Waals surface area contributed by atoms with Crippen LogP contribution in [0.1, 0.15) is 62.0 Å². The molecule has 1 aliphatic carbocycles. The van der Waals surface area contributed by atoms with E-state index in [4.69, 9.17) is 11.6 Å². The van der Waals surface area contributed by atoms with Crippen LogP contribution in [0.4, 0.5) is 21.8 Å². The zero-order valence-corrected chi connectivity index (χ0v) is 18.8. The van der Waals surface area contributed by atoms with E-state index in [9.17, 15) is 9.65 Å². The molecule has 3 aliphatic rings. The number of fused-ring (bicyclic) bond motifs is 1. The lowest BCUT2D eigenvalue weighted by Crippen LogP contribution is -2.49. The van der Waals surface area contributed by atoms with Gasteiger partial charge >= 0.3 is 0 Å². The molecule has 0 bridgehead atoms. The summed E-state index contributed by atoms with van der Waals surface area (Å²) in [4.78, 5) is 11.3. The fourth-order valence-electron chi connectivity index (χ4n) is 5.23. The molecule has 3 heterocycles. The van der Waals surface area contributed by atoms with E-state index in [0.717, 1.165) is 24.9 Å². The predicted octanol–water partition coefficient (Wildman–Crippen LogP) is 5.44. The van der Waals surface area contributed by atoms with Crippen molar-refractivity contribution in [1.82, 2.24) is 14.9 Å². The van der Waals surface area contributed by atoms with E-state index in [1.165, 1.54) is 57.5 Å². The standard InChI is InChI=1S/C24H28ClFN6/c25-19-14-29-24(30-21-10-17(12-27)18(11-20(21)26)15-6-7-15)31-23(19)28-13-16-4-3-9-32-8-2-1-5-22(16)32/h10-11,14-16,22H,1-9,13H2,(H2,28,29,30,31)/t16-,22+/m0/s1. The molecule has 2 aromatic rings. The first-order chi connectivity index (χ1) is 15.6. The monoisotopic (exact) mass is 454 g/mol. The Morgan fingerprint density at radius 2 is 2.00 bits per heavy atom. The summed E-state index contributed by atoms with van der Waals surface area (Å²) >= 11 is 6.35. The average molecular weight is 455 g/mol. The number of rotatable bonds is 6. The van der Waals surface area contributed by atoms with Crippen LogP contribution >= 0.6 is 11.6 Å². The summed E-state index contributed by atoms with van der Waals surface area (Å²) in [6, 6.07) is 5.83. The van der Waals surface area contributed by atoms with E-state index < -0.39 is 5.82 Å². The summed E-state index contributed by atoms with van der Waals surface area (Å²) < 4.78 is 14.7. The van der Waals surface area contributed by atoms with E-state index in [1.54, 1.807) is 6.07 Å². The molecule has 2 atom stereocenters. The van der Waals surface area contributed by atoms with Crippen LogP contribution in [0.3, 0.4) is 0 Å². The molecule has 1 aromatic heterocycles. The number of piperidine rings is 2. The predicted molar refractivity (Wildman–Crippen MR) is 124 cm³/mol.